The molecule has 2 unspecified atom stereocenters. The number of nitrogens with zero attached hydrogens (tertiary/aromatic N) is 1. The van der Waals surface area contributed by atoms with Gasteiger partial charge in [-0.25, -0.2) is 0 Å². The van der Waals surface area contributed by atoms with Gasteiger partial charge in [0.25, 0.3) is 0 Å². The molecule has 1 aliphatic rings. The van der Waals surface area contributed by atoms with Crippen molar-refractivity contribution in [3.63, 3.8) is 0 Å². The zero-order valence-corrected chi connectivity index (χ0v) is 12.8. The van der Waals surface area contributed by atoms with Gasteiger partial charge in [-0.05, 0) is 34.5 Å². The summed E-state index contributed by atoms with van der Waals surface area (Å²) >= 11 is 3.46. The van der Waals surface area contributed by atoms with E-state index in [1.807, 2.05) is 12.3 Å². The van der Waals surface area contributed by atoms with E-state index in [2.05, 4.69) is 44.4 Å². The Morgan fingerprint density at radius 1 is 1.50 bits per heavy atom. The molecular weight excluding hydrogens is 318 g/mol. The van der Waals surface area contributed by atoms with Gasteiger partial charge < -0.3 is 15.8 Å². The number of nitrogens with two attached hydrogens (primary N) is 1. The van der Waals surface area contributed by atoms with Crippen LogP contribution < -0.4 is 11.1 Å². The highest BCUT2D eigenvalue weighted by molar-refractivity contribution is 9.10. The molecule has 0 spiro atoms. The second kappa shape index (κ2) is 6.08. The van der Waals surface area contributed by atoms with E-state index in [1.165, 1.54) is 0 Å². The Bertz CT molecular complexity index is 599. The van der Waals surface area contributed by atoms with E-state index >= 15 is 0 Å². The molecule has 0 amide bonds. The first-order chi connectivity index (χ1) is 9.78. The molecule has 1 aromatic heterocycles. The minimum absolute atomic E-state index is 0.230. The fourth-order valence-corrected chi connectivity index (χ4v) is 3.04. The maximum absolute atomic E-state index is 5.92. The summed E-state index contributed by atoms with van der Waals surface area (Å²) in [7, 11) is 0. The number of ether oxygens (including phenoxy) is 1. The highest BCUT2D eigenvalue weighted by Crippen LogP contribution is 2.26. The number of para-hydroxylation sites is 1. The number of aromatic nitrogens is 1. The zero-order valence-electron chi connectivity index (χ0n) is 11.2. The largest absolute Gasteiger partial charge is 0.381 e. The van der Waals surface area contributed by atoms with Crippen LogP contribution in [0.5, 0.6) is 0 Å². The van der Waals surface area contributed by atoms with Crippen molar-refractivity contribution in [1.82, 2.24) is 4.98 Å². The number of halogens is 1. The van der Waals surface area contributed by atoms with Crippen LogP contribution in [0.4, 0.5) is 5.69 Å². The van der Waals surface area contributed by atoms with Gasteiger partial charge in [0.2, 0.25) is 0 Å². The Balaban J connectivity index is 1.89. The van der Waals surface area contributed by atoms with E-state index in [1.54, 1.807) is 0 Å². The van der Waals surface area contributed by atoms with Crippen LogP contribution in [0.1, 0.15) is 6.42 Å². The van der Waals surface area contributed by atoms with Gasteiger partial charge >= 0.3 is 0 Å². The van der Waals surface area contributed by atoms with Crippen LogP contribution in [-0.4, -0.2) is 30.8 Å². The van der Waals surface area contributed by atoms with E-state index < -0.39 is 0 Å². The summed E-state index contributed by atoms with van der Waals surface area (Å²) in [6.07, 6.45) is 2.89. The maximum Gasteiger partial charge on any atom is 0.0934 e. The number of benzene rings is 1. The molecule has 106 valence electrons. The van der Waals surface area contributed by atoms with Gasteiger partial charge in [-0.15, -0.1) is 0 Å². The lowest BCUT2D eigenvalue weighted by atomic mass is 9.98. The predicted octanol–water partition coefficient (Wildman–Crippen LogP) is 2.77. The smallest absolute Gasteiger partial charge is 0.0934 e. The molecule has 1 aromatic carbocycles. The second-order valence-electron chi connectivity index (χ2n) is 5.14. The molecule has 3 rings (SSSR count). The van der Waals surface area contributed by atoms with E-state index in [0.29, 0.717) is 12.5 Å². The molecule has 1 saturated heterocycles. The van der Waals surface area contributed by atoms with Crippen molar-refractivity contribution in [3.8, 4) is 0 Å². The van der Waals surface area contributed by atoms with E-state index in [9.17, 15) is 0 Å². The molecule has 1 fully saturated rings. The second-order valence-corrected chi connectivity index (χ2v) is 6.06. The van der Waals surface area contributed by atoms with Crippen LogP contribution in [0.3, 0.4) is 0 Å². The van der Waals surface area contributed by atoms with Gasteiger partial charge in [0.15, 0.2) is 0 Å². The van der Waals surface area contributed by atoms with Gasteiger partial charge in [-0.2, -0.15) is 0 Å². The number of pyridine rings is 1. The quantitative estimate of drug-likeness (QED) is 0.901. The standard InChI is InChI=1S/C15H18BrN3O/c16-12-6-10-2-1-3-13(15(10)18-8-12)19-14(7-17)11-4-5-20-9-11/h1-3,6,8,11,14,19H,4-5,7,9,17H2. The maximum atomic E-state index is 5.92. The van der Waals surface area contributed by atoms with Crippen molar-refractivity contribution >= 4 is 32.5 Å². The summed E-state index contributed by atoms with van der Waals surface area (Å²) in [6.45, 7) is 2.23. The number of hydrogen-bond donors (Lipinski definition) is 2. The van der Waals surface area contributed by atoms with Crippen molar-refractivity contribution in [2.75, 3.05) is 25.1 Å². The molecule has 0 radical (unpaired) electrons. The SMILES string of the molecule is NCC(Nc1cccc2cc(Br)cnc12)C1CCOC1. The average molecular weight is 336 g/mol. The van der Waals surface area contributed by atoms with Gasteiger partial charge in [0, 0.05) is 41.2 Å². The lowest BCUT2D eigenvalue weighted by molar-refractivity contribution is 0.182. The Kier molecular flexibility index (Phi) is 4.19. The van der Waals surface area contributed by atoms with Crippen LogP contribution in [0.2, 0.25) is 0 Å². The Morgan fingerprint density at radius 3 is 3.15 bits per heavy atom. The fraction of sp³-hybridized carbons (Fsp3) is 0.400. The van der Waals surface area contributed by atoms with Crippen LogP contribution in [0, 0.1) is 5.92 Å². The molecule has 2 atom stereocenters. The number of anilines is 1. The fourth-order valence-electron chi connectivity index (χ4n) is 2.69. The third-order valence-electron chi connectivity index (χ3n) is 3.81. The van der Waals surface area contributed by atoms with Crippen molar-refractivity contribution in [3.05, 3.63) is 34.9 Å². The molecule has 1 aliphatic heterocycles. The average Bonchev–Trinajstić information content (AvgIpc) is 2.98. The number of nitrogens with one attached hydrogen (secondary N) is 1. The molecule has 2 heterocycles. The normalized spacial score (nSPS) is 20.2. The van der Waals surface area contributed by atoms with Gasteiger partial charge in [-0.1, -0.05) is 12.1 Å². The Labute approximate surface area is 126 Å². The summed E-state index contributed by atoms with van der Waals surface area (Å²) in [5.41, 5.74) is 7.94. The molecule has 2 aromatic rings. The van der Waals surface area contributed by atoms with Gasteiger partial charge in [0.1, 0.15) is 0 Å². The van der Waals surface area contributed by atoms with Gasteiger partial charge in [0.05, 0.1) is 17.8 Å². The minimum Gasteiger partial charge on any atom is -0.381 e. The van der Waals surface area contributed by atoms with E-state index in [4.69, 9.17) is 10.5 Å². The molecule has 3 N–H and O–H groups in total. The van der Waals surface area contributed by atoms with Crippen molar-refractivity contribution in [2.45, 2.75) is 12.5 Å². The number of rotatable bonds is 4. The summed E-state index contributed by atoms with van der Waals surface area (Å²) < 4.78 is 6.45. The summed E-state index contributed by atoms with van der Waals surface area (Å²) in [4.78, 5) is 4.51. The zero-order chi connectivity index (χ0) is 13.9. The van der Waals surface area contributed by atoms with E-state index in [-0.39, 0.29) is 6.04 Å². The van der Waals surface area contributed by atoms with Crippen LogP contribution in [0.15, 0.2) is 34.9 Å². The summed E-state index contributed by atoms with van der Waals surface area (Å²) in [5, 5.41) is 4.66. The van der Waals surface area contributed by atoms with Crippen molar-refractivity contribution < 1.29 is 4.74 Å². The molecule has 20 heavy (non-hydrogen) atoms. The third-order valence-corrected chi connectivity index (χ3v) is 4.24. The first-order valence-electron chi connectivity index (χ1n) is 6.86. The molecule has 4 nitrogen and oxygen atoms in total. The molecule has 0 saturated carbocycles. The van der Waals surface area contributed by atoms with Crippen LogP contribution in [-0.2, 0) is 4.74 Å². The lowest BCUT2D eigenvalue weighted by Crippen LogP contribution is -2.36. The first kappa shape index (κ1) is 13.8. The molecule has 0 bridgehead atoms. The lowest BCUT2D eigenvalue weighted by Gasteiger charge is -2.23. The summed E-state index contributed by atoms with van der Waals surface area (Å²) in [6, 6.07) is 8.46. The van der Waals surface area contributed by atoms with E-state index in [0.717, 1.165) is 40.7 Å². The topological polar surface area (TPSA) is 60.2 Å². The molecular formula is C15H18BrN3O. The van der Waals surface area contributed by atoms with Gasteiger partial charge in [-0.3, -0.25) is 4.98 Å². The minimum atomic E-state index is 0.230. The Morgan fingerprint density at radius 2 is 2.40 bits per heavy atom. The van der Waals surface area contributed by atoms with Crippen LogP contribution >= 0.6 is 15.9 Å². The monoisotopic (exact) mass is 335 g/mol. The van der Waals surface area contributed by atoms with Crippen molar-refractivity contribution in [2.24, 2.45) is 11.7 Å². The predicted molar refractivity (Wildman–Crippen MR) is 84.8 cm³/mol. The number of fused-ring (bicyclic) bond motifs is 1. The summed E-state index contributed by atoms with van der Waals surface area (Å²) in [5.74, 6) is 0.478. The third kappa shape index (κ3) is 2.80. The number of hydrogen-bond acceptors (Lipinski definition) is 4. The molecule has 5 heteroatoms. The van der Waals surface area contributed by atoms with Crippen LogP contribution in [0.25, 0.3) is 10.9 Å². The highest BCUT2D eigenvalue weighted by atomic mass is 79.9. The Hall–Kier alpha value is -1.17. The first-order valence-corrected chi connectivity index (χ1v) is 7.66. The highest BCUT2D eigenvalue weighted by Gasteiger charge is 2.25. The van der Waals surface area contributed by atoms with Crippen molar-refractivity contribution in [1.29, 1.82) is 0 Å². The molecule has 0 aliphatic carbocycles.